The molecule has 29 heavy (non-hydrogen) atoms. The molecular formula is C19H27ClIN5O3. The largest absolute Gasteiger partial charge is 0.379 e. The van der Waals surface area contributed by atoms with E-state index in [0.717, 1.165) is 18.6 Å². The molecule has 0 bridgehead atoms. The van der Waals surface area contributed by atoms with Crippen molar-refractivity contribution in [3.8, 4) is 11.4 Å². The molecule has 1 aliphatic rings. The van der Waals surface area contributed by atoms with Crippen molar-refractivity contribution in [1.29, 1.82) is 0 Å². The van der Waals surface area contributed by atoms with Crippen LogP contribution in [-0.2, 0) is 15.9 Å². The summed E-state index contributed by atoms with van der Waals surface area (Å²) in [6.07, 6.45) is 1.75. The lowest BCUT2D eigenvalue weighted by molar-refractivity contribution is 0.0347. The van der Waals surface area contributed by atoms with Crippen molar-refractivity contribution < 1.29 is 14.0 Å². The summed E-state index contributed by atoms with van der Waals surface area (Å²) >= 11 is 5.90. The third-order valence-electron chi connectivity index (χ3n) is 4.28. The van der Waals surface area contributed by atoms with Crippen molar-refractivity contribution in [3.05, 3.63) is 35.2 Å². The van der Waals surface area contributed by atoms with Crippen molar-refractivity contribution in [1.82, 2.24) is 20.8 Å². The molecule has 0 amide bonds. The van der Waals surface area contributed by atoms with E-state index >= 15 is 0 Å². The first-order valence-electron chi connectivity index (χ1n) is 9.39. The molecule has 3 rings (SSSR count). The van der Waals surface area contributed by atoms with E-state index in [4.69, 9.17) is 25.6 Å². The van der Waals surface area contributed by atoms with Gasteiger partial charge in [-0.3, -0.25) is 4.99 Å². The van der Waals surface area contributed by atoms with E-state index in [1.807, 2.05) is 12.1 Å². The van der Waals surface area contributed by atoms with E-state index < -0.39 is 0 Å². The number of hydrogen-bond donors (Lipinski definition) is 2. The van der Waals surface area contributed by atoms with Gasteiger partial charge in [0.1, 0.15) is 0 Å². The molecule has 1 saturated heterocycles. The van der Waals surface area contributed by atoms with Crippen LogP contribution in [-0.4, -0.2) is 61.7 Å². The molecule has 0 aliphatic carbocycles. The minimum absolute atomic E-state index is 0. The zero-order valence-electron chi connectivity index (χ0n) is 16.6. The first-order valence-corrected chi connectivity index (χ1v) is 9.77. The van der Waals surface area contributed by atoms with Crippen LogP contribution in [0, 0.1) is 0 Å². The molecule has 1 aromatic heterocycles. The van der Waals surface area contributed by atoms with Gasteiger partial charge in [-0.15, -0.1) is 24.0 Å². The van der Waals surface area contributed by atoms with Gasteiger partial charge in [0, 0.05) is 43.2 Å². The van der Waals surface area contributed by atoms with Gasteiger partial charge in [0.15, 0.2) is 5.96 Å². The molecule has 1 fully saturated rings. The van der Waals surface area contributed by atoms with E-state index in [1.54, 1.807) is 19.2 Å². The number of benzene rings is 1. The highest BCUT2D eigenvalue weighted by Gasteiger charge is 2.17. The van der Waals surface area contributed by atoms with E-state index in [9.17, 15) is 0 Å². The van der Waals surface area contributed by atoms with Crippen LogP contribution in [0.4, 0.5) is 0 Å². The number of hydrogen-bond acceptors (Lipinski definition) is 6. The SMILES string of the molecule is CN=C(NCCc1nc(-c2ccc(Cl)cc2)no1)NC(C)COC1CCOC1.I. The molecule has 2 unspecified atom stereocenters. The first kappa shape index (κ1) is 23.8. The third kappa shape index (κ3) is 7.72. The topological polar surface area (TPSA) is 93.8 Å². The van der Waals surface area contributed by atoms with Gasteiger partial charge >= 0.3 is 0 Å². The molecule has 8 nitrogen and oxygen atoms in total. The van der Waals surface area contributed by atoms with Crippen LogP contribution in [0.3, 0.4) is 0 Å². The van der Waals surface area contributed by atoms with Crippen molar-refractivity contribution >= 4 is 41.5 Å². The Balaban J connectivity index is 0.00000300. The summed E-state index contributed by atoms with van der Waals surface area (Å²) in [6.45, 7) is 4.74. The lowest BCUT2D eigenvalue weighted by Gasteiger charge is -2.19. The van der Waals surface area contributed by atoms with Gasteiger partial charge in [-0.2, -0.15) is 4.98 Å². The van der Waals surface area contributed by atoms with Crippen molar-refractivity contribution in [2.24, 2.45) is 4.99 Å². The van der Waals surface area contributed by atoms with E-state index in [0.29, 0.717) is 48.9 Å². The van der Waals surface area contributed by atoms with Crippen LogP contribution >= 0.6 is 35.6 Å². The predicted octanol–water partition coefficient (Wildman–Crippen LogP) is 2.91. The van der Waals surface area contributed by atoms with Gasteiger partial charge in [-0.1, -0.05) is 16.8 Å². The standard InChI is InChI=1S/C19H26ClN5O3.HI/c1-13(11-27-16-8-10-26-12-16)23-19(21-2)22-9-7-17-24-18(25-28-17)14-3-5-15(20)6-4-14;/h3-6,13,16H,7-12H2,1-2H3,(H2,21,22,23);1H. The Bertz CT molecular complexity index is 765. The lowest BCUT2D eigenvalue weighted by Crippen LogP contribution is -2.45. The van der Waals surface area contributed by atoms with Crippen LogP contribution in [0.1, 0.15) is 19.2 Å². The number of ether oxygens (including phenoxy) is 2. The Hall–Kier alpha value is -1.43. The summed E-state index contributed by atoms with van der Waals surface area (Å²) in [5.41, 5.74) is 0.867. The minimum Gasteiger partial charge on any atom is -0.379 e. The van der Waals surface area contributed by atoms with Crippen molar-refractivity contribution in [2.75, 3.05) is 33.4 Å². The number of nitrogens with one attached hydrogen (secondary N) is 2. The van der Waals surface area contributed by atoms with Gasteiger partial charge < -0.3 is 24.6 Å². The number of rotatable bonds is 8. The average Bonchev–Trinajstić information content (AvgIpc) is 3.38. The average molecular weight is 536 g/mol. The van der Waals surface area contributed by atoms with Crippen LogP contribution < -0.4 is 10.6 Å². The molecule has 2 heterocycles. The number of halogens is 2. The summed E-state index contributed by atoms with van der Waals surface area (Å²) in [6, 6.07) is 7.46. The normalized spacial score (nSPS) is 17.6. The van der Waals surface area contributed by atoms with Gasteiger partial charge in [-0.05, 0) is 37.6 Å². The number of guanidine groups is 1. The lowest BCUT2D eigenvalue weighted by atomic mass is 10.2. The Kier molecular flexibility index (Phi) is 10.1. The number of aliphatic imine (C=N–C) groups is 1. The minimum atomic E-state index is 0. The van der Waals surface area contributed by atoms with Gasteiger partial charge in [0.05, 0.1) is 19.3 Å². The highest BCUT2D eigenvalue weighted by molar-refractivity contribution is 14.0. The van der Waals surface area contributed by atoms with E-state index in [2.05, 4.69) is 32.7 Å². The van der Waals surface area contributed by atoms with Crippen LogP contribution in [0.5, 0.6) is 0 Å². The van der Waals surface area contributed by atoms with Gasteiger partial charge in [-0.25, -0.2) is 0 Å². The molecule has 2 aromatic rings. The van der Waals surface area contributed by atoms with Crippen LogP contribution in [0.15, 0.2) is 33.8 Å². The zero-order valence-corrected chi connectivity index (χ0v) is 19.6. The number of nitrogens with zero attached hydrogens (tertiary/aromatic N) is 3. The maximum absolute atomic E-state index is 5.90. The summed E-state index contributed by atoms with van der Waals surface area (Å²) in [5, 5.41) is 11.2. The fourth-order valence-electron chi connectivity index (χ4n) is 2.75. The molecule has 2 N–H and O–H groups in total. The first-order chi connectivity index (χ1) is 13.6. The summed E-state index contributed by atoms with van der Waals surface area (Å²) < 4.78 is 16.5. The molecule has 1 aliphatic heterocycles. The maximum Gasteiger partial charge on any atom is 0.228 e. The molecular weight excluding hydrogens is 509 g/mol. The summed E-state index contributed by atoms with van der Waals surface area (Å²) in [5.74, 6) is 1.82. The van der Waals surface area contributed by atoms with Gasteiger partial charge in [0.2, 0.25) is 11.7 Å². The molecule has 10 heteroatoms. The Morgan fingerprint density at radius 3 is 2.86 bits per heavy atom. The smallest absolute Gasteiger partial charge is 0.228 e. The Labute approximate surface area is 192 Å². The summed E-state index contributed by atoms with van der Waals surface area (Å²) in [7, 11) is 1.74. The highest BCUT2D eigenvalue weighted by Crippen LogP contribution is 2.18. The molecule has 1 aromatic carbocycles. The maximum atomic E-state index is 5.90. The fraction of sp³-hybridized carbons (Fsp3) is 0.526. The third-order valence-corrected chi connectivity index (χ3v) is 4.53. The monoisotopic (exact) mass is 535 g/mol. The second kappa shape index (κ2) is 12.3. The predicted molar refractivity (Wildman–Crippen MR) is 123 cm³/mol. The molecule has 0 saturated carbocycles. The van der Waals surface area contributed by atoms with Gasteiger partial charge in [0.25, 0.3) is 0 Å². The second-order valence-electron chi connectivity index (χ2n) is 6.63. The molecule has 0 spiro atoms. The van der Waals surface area contributed by atoms with Crippen LogP contribution in [0.25, 0.3) is 11.4 Å². The fourth-order valence-corrected chi connectivity index (χ4v) is 2.88. The molecule has 2 atom stereocenters. The van der Waals surface area contributed by atoms with Crippen LogP contribution in [0.2, 0.25) is 5.02 Å². The Morgan fingerprint density at radius 2 is 2.17 bits per heavy atom. The van der Waals surface area contributed by atoms with Crippen molar-refractivity contribution in [3.63, 3.8) is 0 Å². The molecule has 160 valence electrons. The Morgan fingerprint density at radius 1 is 1.38 bits per heavy atom. The second-order valence-corrected chi connectivity index (χ2v) is 7.07. The highest BCUT2D eigenvalue weighted by atomic mass is 127. The van der Waals surface area contributed by atoms with E-state index in [1.165, 1.54) is 0 Å². The van der Waals surface area contributed by atoms with Crippen molar-refractivity contribution in [2.45, 2.75) is 31.9 Å². The summed E-state index contributed by atoms with van der Waals surface area (Å²) in [4.78, 5) is 8.65. The number of aromatic nitrogens is 2. The molecule has 0 radical (unpaired) electrons. The quantitative estimate of drug-likeness (QED) is 0.305. The zero-order chi connectivity index (χ0) is 19.8. The van der Waals surface area contributed by atoms with E-state index in [-0.39, 0.29) is 36.1 Å².